The van der Waals surface area contributed by atoms with Gasteiger partial charge in [-0.1, -0.05) is 25.1 Å². The molecule has 1 aromatic carbocycles. The third-order valence-electron chi connectivity index (χ3n) is 3.66. The largest absolute Gasteiger partial charge is 0.492 e. The van der Waals surface area contributed by atoms with Crippen LogP contribution in [0.25, 0.3) is 0 Å². The summed E-state index contributed by atoms with van der Waals surface area (Å²) in [5.41, 5.74) is 0. The molecule has 1 heterocycles. The number of benzene rings is 1. The maximum atomic E-state index is 5.92. The molecule has 1 aromatic rings. The number of hydrogen-bond donors (Lipinski definition) is 1. The minimum Gasteiger partial charge on any atom is -0.492 e. The number of nitrogens with one attached hydrogen (secondary N) is 1. The van der Waals surface area contributed by atoms with Gasteiger partial charge in [0.2, 0.25) is 0 Å². The fraction of sp³-hybridized carbons (Fsp3) is 0.625. The number of para-hydroxylation sites is 1. The summed E-state index contributed by atoms with van der Waals surface area (Å²) in [6.45, 7) is 5.78. The van der Waals surface area contributed by atoms with Gasteiger partial charge in [-0.15, -0.1) is 0 Å². The number of ether oxygens (including phenoxy) is 2. The molecule has 0 spiro atoms. The van der Waals surface area contributed by atoms with Crippen molar-refractivity contribution in [2.45, 2.75) is 32.2 Å². The van der Waals surface area contributed by atoms with Gasteiger partial charge in [-0.05, 0) is 43.9 Å². The van der Waals surface area contributed by atoms with E-state index in [2.05, 4.69) is 12.2 Å². The van der Waals surface area contributed by atoms with Gasteiger partial charge in [-0.3, -0.25) is 0 Å². The first-order chi connectivity index (χ1) is 9.40. The second kappa shape index (κ2) is 8.18. The highest BCUT2D eigenvalue weighted by molar-refractivity contribution is 5.20. The van der Waals surface area contributed by atoms with Gasteiger partial charge in [0.25, 0.3) is 0 Å². The van der Waals surface area contributed by atoms with Crippen LogP contribution in [-0.4, -0.2) is 32.4 Å². The summed E-state index contributed by atoms with van der Waals surface area (Å²) in [6, 6.07) is 10.5. The van der Waals surface area contributed by atoms with Crippen LogP contribution in [0.5, 0.6) is 5.75 Å². The van der Waals surface area contributed by atoms with Gasteiger partial charge in [0, 0.05) is 19.3 Å². The molecule has 1 unspecified atom stereocenters. The van der Waals surface area contributed by atoms with Crippen molar-refractivity contribution in [3.63, 3.8) is 0 Å². The lowest BCUT2D eigenvalue weighted by molar-refractivity contribution is 0.0460. The molecule has 0 saturated carbocycles. The summed E-state index contributed by atoms with van der Waals surface area (Å²) in [5, 5.41) is 3.63. The Kier molecular flexibility index (Phi) is 6.18. The normalized spacial score (nSPS) is 18.2. The summed E-state index contributed by atoms with van der Waals surface area (Å²) in [6.07, 6.45) is 3.43. The molecule has 19 heavy (non-hydrogen) atoms. The van der Waals surface area contributed by atoms with Crippen molar-refractivity contribution < 1.29 is 9.47 Å². The molecule has 106 valence electrons. The third-order valence-corrected chi connectivity index (χ3v) is 3.66. The van der Waals surface area contributed by atoms with Gasteiger partial charge < -0.3 is 14.8 Å². The van der Waals surface area contributed by atoms with Crippen molar-refractivity contribution in [3.8, 4) is 5.75 Å². The van der Waals surface area contributed by atoms with Gasteiger partial charge in [0.15, 0.2) is 0 Å². The molecule has 1 N–H and O–H groups in total. The Morgan fingerprint density at radius 2 is 2.00 bits per heavy atom. The van der Waals surface area contributed by atoms with E-state index in [1.165, 1.54) is 0 Å². The van der Waals surface area contributed by atoms with E-state index < -0.39 is 0 Å². The lowest BCUT2D eigenvalue weighted by atomic mass is 9.92. The number of hydrogen-bond acceptors (Lipinski definition) is 3. The van der Waals surface area contributed by atoms with Crippen LogP contribution < -0.4 is 10.1 Å². The van der Waals surface area contributed by atoms with E-state index in [9.17, 15) is 0 Å². The molecule has 3 heteroatoms. The lowest BCUT2D eigenvalue weighted by Gasteiger charge is -2.31. The van der Waals surface area contributed by atoms with Gasteiger partial charge in [-0.25, -0.2) is 0 Å². The van der Waals surface area contributed by atoms with Gasteiger partial charge >= 0.3 is 0 Å². The van der Waals surface area contributed by atoms with E-state index in [4.69, 9.17) is 9.47 Å². The first-order valence-electron chi connectivity index (χ1n) is 7.39. The monoisotopic (exact) mass is 263 g/mol. The molecule has 1 saturated heterocycles. The molecule has 1 fully saturated rings. The van der Waals surface area contributed by atoms with Crippen molar-refractivity contribution in [3.05, 3.63) is 30.3 Å². The Hall–Kier alpha value is -1.06. The zero-order valence-corrected chi connectivity index (χ0v) is 11.8. The zero-order valence-electron chi connectivity index (χ0n) is 11.8. The highest BCUT2D eigenvalue weighted by Crippen LogP contribution is 2.20. The Balaban J connectivity index is 1.85. The molecular formula is C16H25NO2. The Labute approximate surface area is 116 Å². The summed E-state index contributed by atoms with van der Waals surface area (Å²) in [4.78, 5) is 0. The highest BCUT2D eigenvalue weighted by Gasteiger charge is 2.24. The van der Waals surface area contributed by atoms with Crippen LogP contribution >= 0.6 is 0 Å². The minimum atomic E-state index is 0.434. The maximum absolute atomic E-state index is 5.92. The fourth-order valence-electron chi connectivity index (χ4n) is 2.51. The lowest BCUT2D eigenvalue weighted by Crippen LogP contribution is -2.43. The summed E-state index contributed by atoms with van der Waals surface area (Å²) >= 11 is 0. The summed E-state index contributed by atoms with van der Waals surface area (Å²) < 4.78 is 11.4. The maximum Gasteiger partial charge on any atom is 0.119 e. The van der Waals surface area contributed by atoms with E-state index in [1.807, 2.05) is 30.3 Å². The third kappa shape index (κ3) is 4.84. The van der Waals surface area contributed by atoms with Crippen molar-refractivity contribution in [1.29, 1.82) is 0 Å². The average Bonchev–Trinajstić information content (AvgIpc) is 2.49. The van der Waals surface area contributed by atoms with E-state index in [0.717, 1.165) is 51.4 Å². The predicted octanol–water partition coefficient (Wildman–Crippen LogP) is 2.86. The van der Waals surface area contributed by atoms with Gasteiger partial charge in [-0.2, -0.15) is 0 Å². The topological polar surface area (TPSA) is 30.5 Å². The molecule has 0 radical (unpaired) electrons. The molecule has 0 bridgehead atoms. The van der Waals surface area contributed by atoms with Crippen LogP contribution in [0.3, 0.4) is 0 Å². The smallest absolute Gasteiger partial charge is 0.119 e. The van der Waals surface area contributed by atoms with E-state index in [1.54, 1.807) is 0 Å². The Morgan fingerprint density at radius 1 is 1.26 bits per heavy atom. The SMILES string of the molecule is CCCNC(COc1ccccc1)C1CCOCC1. The Bertz CT molecular complexity index is 336. The van der Waals surface area contributed by atoms with Gasteiger partial charge in [0.05, 0.1) is 0 Å². The van der Waals surface area contributed by atoms with Crippen LogP contribution in [0, 0.1) is 5.92 Å². The van der Waals surface area contributed by atoms with Crippen molar-refractivity contribution in [2.24, 2.45) is 5.92 Å². The van der Waals surface area contributed by atoms with Crippen molar-refractivity contribution >= 4 is 0 Å². The minimum absolute atomic E-state index is 0.434. The second-order valence-corrected chi connectivity index (χ2v) is 5.13. The van der Waals surface area contributed by atoms with E-state index in [0.29, 0.717) is 12.0 Å². The molecule has 0 aromatic heterocycles. The molecule has 3 nitrogen and oxygen atoms in total. The van der Waals surface area contributed by atoms with Crippen LogP contribution in [0.2, 0.25) is 0 Å². The van der Waals surface area contributed by atoms with Gasteiger partial charge in [0.1, 0.15) is 12.4 Å². The first kappa shape index (κ1) is 14.4. The predicted molar refractivity (Wildman–Crippen MR) is 77.6 cm³/mol. The van der Waals surface area contributed by atoms with Crippen LogP contribution in [0.1, 0.15) is 26.2 Å². The first-order valence-corrected chi connectivity index (χ1v) is 7.39. The molecular weight excluding hydrogens is 238 g/mol. The second-order valence-electron chi connectivity index (χ2n) is 5.13. The van der Waals surface area contributed by atoms with E-state index >= 15 is 0 Å². The fourth-order valence-corrected chi connectivity index (χ4v) is 2.51. The molecule has 0 aliphatic carbocycles. The number of rotatable bonds is 7. The van der Waals surface area contributed by atoms with Crippen LogP contribution in [0.4, 0.5) is 0 Å². The summed E-state index contributed by atoms with van der Waals surface area (Å²) in [5.74, 6) is 1.63. The molecule has 2 rings (SSSR count). The molecule has 0 amide bonds. The van der Waals surface area contributed by atoms with Crippen molar-refractivity contribution in [1.82, 2.24) is 5.32 Å². The quantitative estimate of drug-likeness (QED) is 0.820. The van der Waals surface area contributed by atoms with Crippen molar-refractivity contribution in [2.75, 3.05) is 26.4 Å². The van der Waals surface area contributed by atoms with Crippen LogP contribution in [-0.2, 0) is 4.74 Å². The summed E-state index contributed by atoms with van der Waals surface area (Å²) in [7, 11) is 0. The Morgan fingerprint density at radius 3 is 2.68 bits per heavy atom. The highest BCUT2D eigenvalue weighted by atomic mass is 16.5. The molecule has 1 aliphatic heterocycles. The van der Waals surface area contributed by atoms with Crippen LogP contribution in [0.15, 0.2) is 30.3 Å². The standard InChI is InChI=1S/C16H25NO2/c1-2-10-17-16(14-8-11-18-12-9-14)13-19-15-6-4-3-5-7-15/h3-7,14,16-17H,2,8-13H2,1H3. The average molecular weight is 263 g/mol. The zero-order chi connectivity index (χ0) is 13.3. The molecule has 1 aliphatic rings. The van der Waals surface area contributed by atoms with E-state index in [-0.39, 0.29) is 0 Å². The molecule has 1 atom stereocenters.